The van der Waals surface area contributed by atoms with Gasteiger partial charge in [0.05, 0.1) is 12.2 Å². The molecule has 0 saturated carbocycles. The van der Waals surface area contributed by atoms with E-state index in [4.69, 9.17) is 33.7 Å². The van der Waals surface area contributed by atoms with Gasteiger partial charge in [0.15, 0.2) is 5.75 Å². The maximum absolute atomic E-state index is 13.8. The average molecular weight is 633 g/mol. The number of nitrogens with zero attached hydrogens (tertiary/aromatic N) is 1. The Bertz CT molecular complexity index is 1580. The number of carbonyl (C=O) groups excluding carboxylic acids is 2. The number of para-hydroxylation sites is 2. The van der Waals surface area contributed by atoms with Gasteiger partial charge in [-0.25, -0.2) is 0 Å². The van der Waals surface area contributed by atoms with Gasteiger partial charge >= 0.3 is 0 Å². The third kappa shape index (κ3) is 9.33. The van der Waals surface area contributed by atoms with Crippen LogP contribution in [0.15, 0.2) is 91.0 Å². The normalized spacial score (nSPS) is 11.2. The summed E-state index contributed by atoms with van der Waals surface area (Å²) in [5, 5.41) is 4.02. The number of nitrogens with two attached hydrogens (primary N) is 1. The standard InChI is InChI=1S/C36H39Cl2N3O3/c1-36(2,3)28-14-11-25(12-15-28)24-41(32-9-4-5-10-33(32)44-30-8-6-7-26(21-30)23-39)35(43)18-17-34(42)40-20-19-27-13-16-29(37)22-31(27)38/h4-16,21-22H,17-20,23-24,39H2,1-3H3,(H,40,42). The molecule has 2 amide bonds. The van der Waals surface area contributed by atoms with Crippen LogP contribution in [0, 0.1) is 0 Å². The van der Waals surface area contributed by atoms with Crippen LogP contribution in [0.4, 0.5) is 5.69 Å². The highest BCUT2D eigenvalue weighted by Crippen LogP contribution is 2.34. The Kier molecular flexibility index (Phi) is 11.5. The summed E-state index contributed by atoms with van der Waals surface area (Å²) in [5.74, 6) is 0.765. The third-order valence-corrected chi connectivity index (χ3v) is 7.86. The van der Waals surface area contributed by atoms with Gasteiger partial charge in [0, 0.05) is 36.0 Å². The molecule has 6 nitrogen and oxygen atoms in total. The van der Waals surface area contributed by atoms with Gasteiger partial charge in [0.25, 0.3) is 0 Å². The Hall–Kier alpha value is -3.84. The maximum Gasteiger partial charge on any atom is 0.227 e. The molecule has 0 atom stereocenters. The lowest BCUT2D eigenvalue weighted by Crippen LogP contribution is -2.33. The lowest BCUT2D eigenvalue weighted by atomic mass is 9.87. The van der Waals surface area contributed by atoms with E-state index in [2.05, 4.69) is 38.2 Å². The van der Waals surface area contributed by atoms with E-state index in [1.165, 1.54) is 5.56 Å². The summed E-state index contributed by atoms with van der Waals surface area (Å²) in [6.45, 7) is 7.61. The van der Waals surface area contributed by atoms with E-state index in [0.29, 0.717) is 53.3 Å². The van der Waals surface area contributed by atoms with E-state index in [0.717, 1.165) is 16.7 Å². The smallest absolute Gasteiger partial charge is 0.227 e. The number of halogens is 2. The van der Waals surface area contributed by atoms with Gasteiger partial charge in [-0.2, -0.15) is 0 Å². The molecule has 3 N–H and O–H groups in total. The predicted molar refractivity (Wildman–Crippen MR) is 180 cm³/mol. The van der Waals surface area contributed by atoms with Crippen LogP contribution in [0.1, 0.15) is 55.9 Å². The molecule has 0 heterocycles. The van der Waals surface area contributed by atoms with Crippen LogP contribution in [-0.2, 0) is 34.5 Å². The fraction of sp³-hybridized carbons (Fsp3) is 0.278. The number of ether oxygens (including phenoxy) is 1. The molecule has 4 rings (SSSR count). The summed E-state index contributed by atoms with van der Waals surface area (Å²) in [7, 11) is 0. The Labute approximate surface area is 270 Å². The number of hydrogen-bond donors (Lipinski definition) is 2. The van der Waals surface area contributed by atoms with Crippen LogP contribution in [0.5, 0.6) is 11.5 Å². The van der Waals surface area contributed by atoms with Crippen molar-refractivity contribution in [1.29, 1.82) is 0 Å². The number of carbonyl (C=O) groups is 2. The van der Waals surface area contributed by atoms with Gasteiger partial charge in [-0.15, -0.1) is 0 Å². The zero-order valence-corrected chi connectivity index (χ0v) is 26.9. The van der Waals surface area contributed by atoms with Crippen LogP contribution in [0.3, 0.4) is 0 Å². The molecule has 0 bridgehead atoms. The first kappa shape index (κ1) is 33.1. The monoisotopic (exact) mass is 631 g/mol. The predicted octanol–water partition coefficient (Wildman–Crippen LogP) is 8.21. The van der Waals surface area contributed by atoms with Crippen molar-refractivity contribution in [3.8, 4) is 11.5 Å². The van der Waals surface area contributed by atoms with Gasteiger partial charge in [0.1, 0.15) is 5.75 Å². The van der Waals surface area contributed by atoms with Gasteiger partial charge in [-0.05, 0) is 70.5 Å². The minimum Gasteiger partial charge on any atom is -0.455 e. The number of benzene rings is 4. The number of amides is 2. The van der Waals surface area contributed by atoms with E-state index in [1.54, 1.807) is 17.0 Å². The van der Waals surface area contributed by atoms with E-state index >= 15 is 0 Å². The topological polar surface area (TPSA) is 84.7 Å². The van der Waals surface area contributed by atoms with E-state index in [-0.39, 0.29) is 30.1 Å². The molecule has 4 aromatic carbocycles. The number of nitrogens with one attached hydrogen (secondary N) is 1. The summed E-state index contributed by atoms with van der Waals surface area (Å²) >= 11 is 12.2. The largest absolute Gasteiger partial charge is 0.455 e. The summed E-state index contributed by atoms with van der Waals surface area (Å²) < 4.78 is 6.27. The second-order valence-electron chi connectivity index (χ2n) is 11.7. The Morgan fingerprint density at radius 3 is 2.32 bits per heavy atom. The molecule has 0 spiro atoms. The summed E-state index contributed by atoms with van der Waals surface area (Å²) in [6.07, 6.45) is 0.640. The molecule has 0 saturated heterocycles. The number of hydrogen-bond acceptors (Lipinski definition) is 4. The minimum absolute atomic E-state index is 0.0127. The van der Waals surface area contributed by atoms with Crippen molar-refractivity contribution in [3.05, 3.63) is 123 Å². The Morgan fingerprint density at radius 2 is 1.61 bits per heavy atom. The zero-order chi connectivity index (χ0) is 31.7. The van der Waals surface area contributed by atoms with Gasteiger partial charge in [-0.3, -0.25) is 9.59 Å². The first-order chi connectivity index (χ1) is 21.0. The fourth-order valence-electron chi connectivity index (χ4n) is 4.73. The van der Waals surface area contributed by atoms with E-state index in [9.17, 15) is 9.59 Å². The highest BCUT2D eigenvalue weighted by Gasteiger charge is 2.22. The molecule has 0 fully saturated rings. The molecular formula is C36H39Cl2N3O3. The molecular weight excluding hydrogens is 593 g/mol. The molecule has 44 heavy (non-hydrogen) atoms. The molecule has 0 aromatic heterocycles. The van der Waals surface area contributed by atoms with Gasteiger partial charge in [0.2, 0.25) is 11.8 Å². The van der Waals surface area contributed by atoms with Crippen LogP contribution in [0.25, 0.3) is 0 Å². The fourth-order valence-corrected chi connectivity index (χ4v) is 5.24. The van der Waals surface area contributed by atoms with Crippen LogP contribution >= 0.6 is 23.2 Å². The molecule has 0 unspecified atom stereocenters. The highest BCUT2D eigenvalue weighted by atomic mass is 35.5. The second kappa shape index (κ2) is 15.2. The zero-order valence-electron chi connectivity index (χ0n) is 25.4. The van der Waals surface area contributed by atoms with Crippen LogP contribution < -0.4 is 20.7 Å². The summed E-state index contributed by atoms with van der Waals surface area (Å²) in [4.78, 5) is 28.2. The van der Waals surface area contributed by atoms with Crippen molar-refractivity contribution in [3.63, 3.8) is 0 Å². The van der Waals surface area contributed by atoms with Gasteiger partial charge in [-0.1, -0.05) is 98.6 Å². The van der Waals surface area contributed by atoms with Crippen molar-refractivity contribution < 1.29 is 14.3 Å². The van der Waals surface area contributed by atoms with E-state index in [1.807, 2.05) is 66.7 Å². The Balaban J connectivity index is 1.50. The second-order valence-corrected chi connectivity index (χ2v) is 12.5. The lowest BCUT2D eigenvalue weighted by molar-refractivity contribution is -0.125. The van der Waals surface area contributed by atoms with Crippen LogP contribution in [-0.4, -0.2) is 18.4 Å². The van der Waals surface area contributed by atoms with Crippen molar-refractivity contribution in [2.75, 3.05) is 11.4 Å². The number of anilines is 1. The molecule has 4 aromatic rings. The van der Waals surface area contributed by atoms with E-state index < -0.39 is 0 Å². The quantitative estimate of drug-likeness (QED) is 0.165. The summed E-state index contributed by atoms with van der Waals surface area (Å²) in [5.41, 5.74) is 10.5. The SMILES string of the molecule is CC(C)(C)c1ccc(CN(C(=O)CCC(=O)NCCc2ccc(Cl)cc2Cl)c2ccccc2Oc2cccc(CN)c2)cc1. The van der Waals surface area contributed by atoms with Gasteiger partial charge < -0.3 is 20.7 Å². The van der Waals surface area contributed by atoms with Crippen molar-refractivity contribution >= 4 is 40.7 Å². The van der Waals surface area contributed by atoms with Crippen LogP contribution in [0.2, 0.25) is 10.0 Å². The molecule has 230 valence electrons. The highest BCUT2D eigenvalue weighted by molar-refractivity contribution is 6.35. The molecule has 0 aliphatic carbocycles. The Morgan fingerprint density at radius 1 is 0.864 bits per heavy atom. The molecule has 0 aliphatic heterocycles. The van der Waals surface area contributed by atoms with Crippen molar-refractivity contribution in [2.45, 2.75) is 58.5 Å². The molecule has 8 heteroatoms. The van der Waals surface area contributed by atoms with Crippen molar-refractivity contribution in [1.82, 2.24) is 5.32 Å². The first-order valence-electron chi connectivity index (χ1n) is 14.7. The molecule has 0 aliphatic rings. The van der Waals surface area contributed by atoms with Crippen molar-refractivity contribution in [2.24, 2.45) is 5.73 Å². The minimum atomic E-state index is -0.207. The lowest BCUT2D eigenvalue weighted by Gasteiger charge is -2.26. The first-order valence-corrected chi connectivity index (χ1v) is 15.5. The molecule has 0 radical (unpaired) electrons. The summed E-state index contributed by atoms with van der Waals surface area (Å²) in [6, 6.07) is 28.6. The maximum atomic E-state index is 13.8. The third-order valence-electron chi connectivity index (χ3n) is 7.28. The number of rotatable bonds is 12. The average Bonchev–Trinajstić information content (AvgIpc) is 3.00.